The van der Waals surface area contributed by atoms with Gasteiger partial charge in [-0.1, -0.05) is 84.1 Å². The molecule has 808 valence electrons. The van der Waals surface area contributed by atoms with E-state index >= 15 is 0 Å². The molecule has 4 fully saturated rings. The maximum absolute atomic E-state index is 14.8. The highest BCUT2D eigenvalue weighted by molar-refractivity contribution is 6.08. The van der Waals surface area contributed by atoms with Gasteiger partial charge in [0.1, 0.15) is 67.0 Å². The molecule has 1 aromatic heterocycles. The Kier molecular flexibility index (Phi) is 38.6. The van der Waals surface area contributed by atoms with Gasteiger partial charge in [0.05, 0.1) is 151 Å². The Morgan fingerprint density at radius 2 is 0.907 bits per heavy atom. The van der Waals surface area contributed by atoms with Crippen molar-refractivity contribution in [2.45, 2.75) is 183 Å². The molecule has 7 aliphatic heterocycles. The number of carbonyl (C=O) groups excluding carboxylic acids is 9. The number of benzene rings is 6. The summed E-state index contributed by atoms with van der Waals surface area (Å²) in [6, 6.07) is 26.4. The van der Waals surface area contributed by atoms with E-state index < -0.39 is 147 Å². The zero-order valence-electron chi connectivity index (χ0n) is 83.1. The molecule has 0 aliphatic carbocycles. The quantitative estimate of drug-likeness (QED) is 0.0192. The summed E-state index contributed by atoms with van der Waals surface area (Å²) in [6.07, 6.45) is -24.7. The van der Waals surface area contributed by atoms with Gasteiger partial charge in [-0.3, -0.25) is 33.6 Å². The summed E-state index contributed by atoms with van der Waals surface area (Å²) in [7, 11) is 4.06. The number of rotatable bonds is 48. The number of amides is 9. The van der Waals surface area contributed by atoms with Gasteiger partial charge in [0, 0.05) is 94.9 Å². The molecule has 0 bridgehead atoms. The molecule has 14 N–H and O–H groups in total. The summed E-state index contributed by atoms with van der Waals surface area (Å²) < 4.78 is 87.4. The Balaban J connectivity index is 0.536. The van der Waals surface area contributed by atoms with Crippen LogP contribution in [-0.4, -0.2) is 361 Å². The van der Waals surface area contributed by atoms with Crippen molar-refractivity contribution in [1.82, 2.24) is 46.1 Å². The molecule has 14 rings (SSSR count). The van der Waals surface area contributed by atoms with Crippen LogP contribution < -0.4 is 64.4 Å². The van der Waals surface area contributed by atoms with E-state index in [1.54, 1.807) is 4.90 Å². The predicted octanol–water partition coefficient (Wildman–Crippen LogP) is 3.38. The number of hydrogen-bond acceptors (Lipinski definition) is 36. The van der Waals surface area contributed by atoms with Gasteiger partial charge in [0.2, 0.25) is 30.3 Å². The second kappa shape index (κ2) is 51.9. The number of carboxylic acid groups (broad SMARTS) is 2. The number of aliphatic carboxylic acids is 2. The number of aliphatic hydroxyl groups excluding tert-OH is 8. The average Bonchev–Trinajstić information content (AvgIpc) is 1.59. The van der Waals surface area contributed by atoms with Crippen LogP contribution in [-0.2, 0) is 86.4 Å². The topological polar surface area (TPSA) is 624 Å². The second-order valence-electron chi connectivity index (χ2n) is 36.5. The van der Waals surface area contributed by atoms with Crippen LogP contribution in [0, 0.1) is 0 Å². The van der Waals surface area contributed by atoms with E-state index in [0.29, 0.717) is 37.0 Å². The summed E-state index contributed by atoms with van der Waals surface area (Å²) >= 11 is 0. The van der Waals surface area contributed by atoms with Crippen LogP contribution in [0.1, 0.15) is 136 Å². The van der Waals surface area contributed by atoms with Crippen molar-refractivity contribution < 1.29 is 175 Å². The molecule has 14 atom stereocenters. The normalized spacial score (nSPS) is 21.6. The Bertz CT molecular complexity index is 6040. The van der Waals surface area contributed by atoms with Crippen LogP contribution in [0.5, 0.6) is 34.5 Å². The Morgan fingerprint density at radius 3 is 1.38 bits per heavy atom. The Morgan fingerprint density at radius 1 is 0.453 bits per heavy atom. The smallest absolute Gasteiger partial charge is 0.416 e. The number of para-hydroxylation sites is 1. The van der Waals surface area contributed by atoms with Crippen LogP contribution in [0.3, 0.4) is 0 Å². The molecule has 150 heavy (non-hydrogen) atoms. The first-order chi connectivity index (χ1) is 72.2. The number of unbranched alkanes of at least 4 members (excludes halogenated alkanes) is 2. The molecule has 0 saturated carbocycles. The van der Waals surface area contributed by atoms with E-state index in [1.807, 2.05) is 67.1 Å². The second-order valence-corrected chi connectivity index (χ2v) is 36.5. The van der Waals surface area contributed by atoms with Gasteiger partial charge in [-0.15, -0.1) is 5.10 Å². The molecule has 8 heterocycles. The molecule has 48 heteroatoms. The molecular formula is C102H124N12O36. The minimum absolute atomic E-state index is 0.00368. The lowest BCUT2D eigenvalue weighted by molar-refractivity contribution is -0.271. The first-order valence-electron chi connectivity index (χ1n) is 48.9. The molecule has 6 aromatic carbocycles. The van der Waals surface area contributed by atoms with Gasteiger partial charge in [-0.05, 0) is 112 Å². The number of ether oxygens (including phenoxy) is 15. The van der Waals surface area contributed by atoms with Gasteiger partial charge in [0.15, 0.2) is 47.7 Å². The van der Waals surface area contributed by atoms with E-state index in [2.05, 4.69) is 44.7 Å². The van der Waals surface area contributed by atoms with Crippen molar-refractivity contribution in [2.75, 3.05) is 148 Å². The highest BCUT2D eigenvalue weighted by Crippen LogP contribution is 2.47. The summed E-state index contributed by atoms with van der Waals surface area (Å²) in [5.74, 6) is -7.45. The van der Waals surface area contributed by atoms with Gasteiger partial charge in [0.25, 0.3) is 23.6 Å². The summed E-state index contributed by atoms with van der Waals surface area (Å²) in [5.41, 5.74) is 5.32. The monoisotopic (exact) mass is 2090 g/mol. The van der Waals surface area contributed by atoms with Gasteiger partial charge in [-0.2, -0.15) is 0 Å². The number of carboxylic acids is 2. The van der Waals surface area contributed by atoms with Crippen LogP contribution >= 0.6 is 0 Å². The van der Waals surface area contributed by atoms with E-state index in [1.165, 1.54) is 91.8 Å². The van der Waals surface area contributed by atoms with E-state index in [0.717, 1.165) is 43.6 Å². The molecule has 7 aliphatic rings. The van der Waals surface area contributed by atoms with E-state index in [4.69, 9.17) is 71.1 Å². The number of anilines is 3. The Labute approximate surface area is 860 Å². The third-order valence-corrected chi connectivity index (χ3v) is 25.8. The van der Waals surface area contributed by atoms with E-state index in [-0.39, 0.29) is 253 Å². The van der Waals surface area contributed by atoms with Crippen molar-refractivity contribution >= 4 is 82.5 Å². The maximum atomic E-state index is 14.8. The molecule has 0 radical (unpaired) electrons. The van der Waals surface area contributed by atoms with Crippen molar-refractivity contribution in [1.29, 1.82) is 0 Å². The van der Waals surface area contributed by atoms with Crippen LogP contribution in [0.25, 0.3) is 22.5 Å². The van der Waals surface area contributed by atoms with Gasteiger partial charge in [-0.25, -0.2) is 33.7 Å². The predicted molar refractivity (Wildman–Crippen MR) is 525 cm³/mol. The number of carbonyl (C=O) groups is 11. The molecular weight excluding hydrogens is 1970 g/mol. The molecule has 7 aromatic rings. The van der Waals surface area contributed by atoms with Crippen molar-refractivity contribution in [3.8, 4) is 57.0 Å². The highest BCUT2D eigenvalue weighted by Gasteiger charge is 2.53. The molecule has 4 saturated heterocycles. The SMILES string of the molecule is C=C1C[C@H]2C(O)N(C(=O)OCc3ccc(O[C@@H]4O[C@H](C(=O)O)[C@@H](O)[C@H](O)[C@H]4O)c(C(=O)NCCCNC(=O)CCOCCOCCOCCOCCC(=O)NCCC(=O)N4Cc5ccccc5-c5nnn(C(C)C)c5-c5ccccc54)c3)c3cc(OCCCCCOc4cc5c(cc4OC)C(=O)N4CC(=C)C[C@H]4C(O)N5C(=O)OCc4ccc(O[C@@H]5O[C@H](C(=O)O)[C@@H](O)[C@H](O)[C@H]5O)c(C(=O)NCCOC)c4)c(OC)cc3C(=O)N2C1. The number of aromatic nitrogens is 3. The lowest BCUT2D eigenvalue weighted by atomic mass is 9.95. The molecule has 2 unspecified atom stereocenters. The van der Waals surface area contributed by atoms with Crippen LogP contribution in [0.4, 0.5) is 26.7 Å². The maximum Gasteiger partial charge on any atom is 0.416 e. The number of hydrogen-bond donors (Lipinski definition) is 14. The standard InChI is InChI=1S/C102H124N12O36/c1-55(2)114-82-62-18-11-12-19-67(62)109(52-60-16-9-10-17-61(60)81(82)107-108-114)80(117)24-29-104-79(116)26-34-140-37-39-142-41-40-141-38-36-139-33-25-78(115)103-27-15-28-105-91(124)65-44-58(20-22-72(65)147-99-87(122)83(118)85(120)89(149-99)97(130)131)53-145-101(134)112-68-48-76(74(137-6)46-63(68)93(126)110-50-56(3)42-70(110)95(112)128)143-31-13-8-14-32-144-77-49-69-64(47-75(77)138-7)94(127)111-51-57(4)43-71(111)96(129)113(69)102(135)146-54-59-21-23-73(66(45-59)92(125)106-30-35-136-5)148-100-88(123)84(119)86(121)90(150-100)98(132)133/h9-12,16-23,44-49,55,70-71,83-90,95-96,99-100,118-123,128-129H,3-4,8,13-15,24-43,50-54H2,1-2,5-7H3,(H,103,115)(H,104,116)(H,105,124)(H,106,125)(H,130,131)(H,132,133)/t70-,71-,83-,84-,85-,86-,87+,88+,89-,90-,95?,96?,99+,100+/m0/s1. The largest absolute Gasteiger partial charge is 0.493 e. The van der Waals surface area contributed by atoms with Crippen molar-refractivity contribution in [2.24, 2.45) is 0 Å². The van der Waals surface area contributed by atoms with Gasteiger partial charge >= 0.3 is 24.1 Å². The fourth-order valence-corrected chi connectivity index (χ4v) is 18.0. The zero-order valence-corrected chi connectivity index (χ0v) is 83.1. The average molecular weight is 2090 g/mol. The third kappa shape index (κ3) is 26.5. The van der Waals surface area contributed by atoms with Crippen molar-refractivity contribution in [3.63, 3.8) is 0 Å². The number of nitrogens with one attached hydrogen (secondary N) is 4. The minimum atomic E-state index is -2.09. The fourth-order valence-electron chi connectivity index (χ4n) is 18.0. The number of aliphatic hydroxyl groups is 8. The third-order valence-electron chi connectivity index (χ3n) is 25.8. The first-order valence-corrected chi connectivity index (χ1v) is 48.9. The molecule has 0 spiro atoms. The number of nitrogens with zero attached hydrogens (tertiary/aromatic N) is 8. The number of fused-ring (bicyclic) bond motifs is 9. The first kappa shape index (κ1) is 112. The molecule has 48 nitrogen and oxygen atoms in total. The van der Waals surface area contributed by atoms with E-state index in [9.17, 15) is 104 Å². The van der Waals surface area contributed by atoms with Crippen LogP contribution in [0.15, 0.2) is 133 Å². The zero-order chi connectivity index (χ0) is 107. The Hall–Kier alpha value is -14.1. The fraction of sp³-hybridized carbons (Fsp3) is 0.480. The lowest BCUT2D eigenvalue weighted by Crippen LogP contribution is -2.61. The minimum Gasteiger partial charge on any atom is -0.493 e. The van der Waals surface area contributed by atoms with Crippen molar-refractivity contribution in [3.05, 3.63) is 172 Å². The molecule has 9 amide bonds. The summed E-state index contributed by atoms with van der Waals surface area (Å²) in [5, 5.41) is 128. The van der Waals surface area contributed by atoms with Gasteiger partial charge < -0.3 is 158 Å². The van der Waals surface area contributed by atoms with Crippen LogP contribution in [0.2, 0.25) is 0 Å². The summed E-state index contributed by atoms with van der Waals surface area (Å²) in [6.45, 7) is 13.0. The number of methoxy groups -OCH3 is 3. The highest BCUT2D eigenvalue weighted by atomic mass is 16.7. The summed E-state index contributed by atoms with van der Waals surface area (Å²) in [4.78, 5) is 156. The lowest BCUT2D eigenvalue weighted by Gasteiger charge is -2.38.